The van der Waals surface area contributed by atoms with Gasteiger partial charge in [-0.25, -0.2) is 22.0 Å². The molecule has 5 aromatic rings. The summed E-state index contributed by atoms with van der Waals surface area (Å²) >= 11 is 0. The second-order valence-electron chi connectivity index (χ2n) is 10.2. The highest BCUT2D eigenvalue weighted by molar-refractivity contribution is 5.89. The van der Waals surface area contributed by atoms with E-state index >= 15 is 4.39 Å². The van der Waals surface area contributed by atoms with Crippen molar-refractivity contribution in [3.63, 3.8) is 0 Å². The largest absolute Gasteiger partial charge is 0.206 e. The predicted octanol–water partition coefficient (Wildman–Crippen LogP) is 10.3. The lowest BCUT2D eigenvalue weighted by atomic mass is 9.96. The molecule has 0 aliphatic heterocycles. The highest BCUT2D eigenvalue weighted by Crippen LogP contribution is 2.33. The van der Waals surface area contributed by atoms with E-state index < -0.39 is 34.5 Å². The van der Waals surface area contributed by atoms with E-state index in [-0.39, 0.29) is 16.5 Å². The SMILES string of the molecule is CCCCCc1ccc(-c2ccc(C#Cc3cc(F)c(-c4cc(F)c5c(F)c(F)c(F)cc5c4)cc3C)cc2)cc1. The van der Waals surface area contributed by atoms with Gasteiger partial charge in [0.2, 0.25) is 0 Å². The van der Waals surface area contributed by atoms with Crippen LogP contribution in [0.5, 0.6) is 0 Å². The van der Waals surface area contributed by atoms with Crippen molar-refractivity contribution in [2.24, 2.45) is 0 Å². The Bertz CT molecular complexity index is 1790. The summed E-state index contributed by atoms with van der Waals surface area (Å²) in [6, 6.07) is 22.0. The Morgan fingerprint density at radius 2 is 1.29 bits per heavy atom. The third kappa shape index (κ3) is 6.02. The van der Waals surface area contributed by atoms with Gasteiger partial charge in [-0.15, -0.1) is 0 Å². The maximum atomic E-state index is 15.2. The van der Waals surface area contributed by atoms with Crippen LogP contribution in [0.3, 0.4) is 0 Å². The summed E-state index contributed by atoms with van der Waals surface area (Å²) in [5.41, 5.74) is 5.51. The molecule has 5 heteroatoms. The smallest absolute Gasteiger partial charge is 0.195 e. The first-order chi connectivity index (χ1) is 19.7. The predicted molar refractivity (Wildman–Crippen MR) is 155 cm³/mol. The zero-order valence-corrected chi connectivity index (χ0v) is 22.7. The number of hydrogen-bond acceptors (Lipinski definition) is 0. The van der Waals surface area contributed by atoms with Gasteiger partial charge < -0.3 is 0 Å². The van der Waals surface area contributed by atoms with E-state index in [1.165, 1.54) is 43.0 Å². The maximum absolute atomic E-state index is 15.2. The van der Waals surface area contributed by atoms with Gasteiger partial charge in [0.15, 0.2) is 17.5 Å². The number of rotatable bonds is 6. The molecule has 0 spiro atoms. The number of halogens is 5. The lowest BCUT2D eigenvalue weighted by molar-refractivity contribution is 0.451. The Balaban J connectivity index is 1.37. The summed E-state index contributed by atoms with van der Waals surface area (Å²) < 4.78 is 71.2. The van der Waals surface area contributed by atoms with Gasteiger partial charge in [-0.1, -0.05) is 68.0 Å². The molecule has 0 fully saturated rings. The molecular formula is C36H27F5. The number of benzene rings is 5. The van der Waals surface area contributed by atoms with E-state index in [0.717, 1.165) is 29.2 Å². The summed E-state index contributed by atoms with van der Waals surface area (Å²) in [6.07, 6.45) is 4.72. The molecule has 0 radical (unpaired) electrons. The standard InChI is InChI=1S/C36H27F5/c1-3-4-5-6-23-7-12-25(13-8-23)26-14-9-24(10-15-26)11-16-27-19-31(37)30(17-22(27)2)28-18-29-21-33(39)35(40)36(41)34(29)32(38)20-28/h7-10,12-15,17-21H,3-6H2,1-2H3. The molecule has 0 aliphatic rings. The van der Waals surface area contributed by atoms with E-state index in [2.05, 4.69) is 43.0 Å². The molecule has 0 aromatic heterocycles. The first-order valence-corrected chi connectivity index (χ1v) is 13.5. The Labute approximate surface area is 236 Å². The van der Waals surface area contributed by atoms with Crippen LogP contribution >= 0.6 is 0 Å². The van der Waals surface area contributed by atoms with Crippen LogP contribution in [0.15, 0.2) is 78.9 Å². The maximum Gasteiger partial charge on any atom is 0.195 e. The molecule has 206 valence electrons. The molecule has 0 aliphatic carbocycles. The summed E-state index contributed by atoms with van der Waals surface area (Å²) in [5, 5.41) is -0.888. The number of aryl methyl sites for hydroxylation is 2. The topological polar surface area (TPSA) is 0 Å². The third-order valence-electron chi connectivity index (χ3n) is 7.23. The van der Waals surface area contributed by atoms with Gasteiger partial charge in [0.25, 0.3) is 0 Å². The van der Waals surface area contributed by atoms with Crippen molar-refractivity contribution in [1.82, 2.24) is 0 Å². The zero-order chi connectivity index (χ0) is 29.1. The average Bonchev–Trinajstić information content (AvgIpc) is 2.96. The first kappa shape index (κ1) is 28.1. The van der Waals surface area contributed by atoms with Crippen molar-refractivity contribution in [2.75, 3.05) is 0 Å². The minimum Gasteiger partial charge on any atom is -0.206 e. The molecular weight excluding hydrogens is 527 g/mol. The Hall–Kier alpha value is -4.43. The molecule has 0 atom stereocenters. The van der Waals surface area contributed by atoms with Crippen LogP contribution in [0, 0.1) is 47.9 Å². The van der Waals surface area contributed by atoms with Crippen LogP contribution in [-0.4, -0.2) is 0 Å². The summed E-state index contributed by atoms with van der Waals surface area (Å²) in [6.45, 7) is 3.94. The fourth-order valence-electron chi connectivity index (χ4n) is 4.91. The van der Waals surface area contributed by atoms with Crippen LogP contribution in [0.25, 0.3) is 33.0 Å². The molecule has 0 saturated heterocycles. The van der Waals surface area contributed by atoms with Crippen molar-refractivity contribution in [2.45, 2.75) is 39.5 Å². The number of unbranched alkanes of at least 4 members (excludes halogenated alkanes) is 2. The first-order valence-electron chi connectivity index (χ1n) is 13.5. The number of fused-ring (bicyclic) bond motifs is 1. The van der Waals surface area contributed by atoms with Gasteiger partial charge in [0.1, 0.15) is 11.6 Å². The van der Waals surface area contributed by atoms with E-state index in [1.807, 2.05) is 24.3 Å². The minimum absolute atomic E-state index is 0.0414. The Morgan fingerprint density at radius 1 is 0.610 bits per heavy atom. The van der Waals surface area contributed by atoms with Gasteiger partial charge in [-0.05, 0) is 95.4 Å². The molecule has 41 heavy (non-hydrogen) atoms. The molecule has 0 bridgehead atoms. The molecule has 0 unspecified atom stereocenters. The van der Waals surface area contributed by atoms with Crippen molar-refractivity contribution in [1.29, 1.82) is 0 Å². The van der Waals surface area contributed by atoms with Crippen molar-refractivity contribution >= 4 is 10.8 Å². The van der Waals surface area contributed by atoms with Gasteiger partial charge in [-0.2, -0.15) is 0 Å². The molecule has 0 heterocycles. The van der Waals surface area contributed by atoms with Crippen LogP contribution < -0.4 is 0 Å². The lowest BCUT2D eigenvalue weighted by Crippen LogP contribution is -1.97. The highest BCUT2D eigenvalue weighted by atomic mass is 19.2. The zero-order valence-electron chi connectivity index (χ0n) is 22.7. The average molecular weight is 555 g/mol. The molecule has 5 rings (SSSR count). The third-order valence-corrected chi connectivity index (χ3v) is 7.23. The van der Waals surface area contributed by atoms with Crippen molar-refractivity contribution < 1.29 is 22.0 Å². The Morgan fingerprint density at radius 3 is 1.98 bits per heavy atom. The van der Waals surface area contributed by atoms with Gasteiger partial charge in [0.05, 0.1) is 5.39 Å². The second-order valence-corrected chi connectivity index (χ2v) is 10.2. The van der Waals surface area contributed by atoms with Gasteiger partial charge in [0, 0.05) is 16.7 Å². The van der Waals surface area contributed by atoms with E-state index in [9.17, 15) is 17.6 Å². The normalized spacial score (nSPS) is 11.0. The minimum atomic E-state index is -1.75. The quantitative estimate of drug-likeness (QED) is 0.0848. The second kappa shape index (κ2) is 12.0. The monoisotopic (exact) mass is 554 g/mol. The van der Waals surface area contributed by atoms with Crippen LogP contribution in [-0.2, 0) is 6.42 Å². The van der Waals surface area contributed by atoms with Gasteiger partial charge in [-0.3, -0.25) is 0 Å². The fourth-order valence-corrected chi connectivity index (χ4v) is 4.91. The lowest BCUT2D eigenvalue weighted by Gasteiger charge is -2.10. The van der Waals surface area contributed by atoms with Crippen molar-refractivity contribution in [3.05, 3.63) is 130 Å². The molecule has 0 amide bonds. The highest BCUT2D eigenvalue weighted by Gasteiger charge is 2.19. The van der Waals surface area contributed by atoms with E-state index in [4.69, 9.17) is 0 Å². The van der Waals surface area contributed by atoms with Gasteiger partial charge >= 0.3 is 0 Å². The van der Waals surface area contributed by atoms with Crippen LogP contribution in [0.2, 0.25) is 0 Å². The summed E-state index contributed by atoms with van der Waals surface area (Å²) in [5.74, 6) is -0.540. The summed E-state index contributed by atoms with van der Waals surface area (Å²) in [7, 11) is 0. The van der Waals surface area contributed by atoms with E-state index in [0.29, 0.717) is 17.2 Å². The molecule has 0 N–H and O–H groups in total. The Kier molecular flexibility index (Phi) is 8.21. The molecule has 5 aromatic carbocycles. The molecule has 0 saturated carbocycles. The van der Waals surface area contributed by atoms with Crippen LogP contribution in [0.4, 0.5) is 22.0 Å². The molecule has 0 nitrogen and oxygen atoms in total. The number of hydrogen-bond donors (Lipinski definition) is 0. The fraction of sp³-hybridized carbons (Fsp3) is 0.167. The summed E-state index contributed by atoms with van der Waals surface area (Å²) in [4.78, 5) is 0. The van der Waals surface area contributed by atoms with E-state index in [1.54, 1.807) is 6.92 Å². The van der Waals surface area contributed by atoms with Crippen LogP contribution in [0.1, 0.15) is 48.4 Å². The van der Waals surface area contributed by atoms with Crippen molar-refractivity contribution in [3.8, 4) is 34.1 Å².